The molecule has 15 heavy (non-hydrogen) atoms. The molecule has 3 heteroatoms. The van der Waals surface area contributed by atoms with Gasteiger partial charge in [-0.05, 0) is 23.8 Å². The number of ether oxygens (including phenoxy) is 1. The van der Waals surface area contributed by atoms with Crippen LogP contribution in [0.1, 0.15) is 6.92 Å². The topological polar surface area (TPSA) is 29.5 Å². The maximum Gasteiger partial charge on any atom is 0.119 e. The molecule has 1 rings (SSSR count). The van der Waals surface area contributed by atoms with Crippen molar-refractivity contribution < 1.29 is 9.84 Å². The van der Waals surface area contributed by atoms with Crippen LogP contribution in [0.3, 0.4) is 0 Å². The summed E-state index contributed by atoms with van der Waals surface area (Å²) < 4.78 is 5.54. The van der Waals surface area contributed by atoms with Gasteiger partial charge >= 0.3 is 0 Å². The van der Waals surface area contributed by atoms with Gasteiger partial charge < -0.3 is 9.84 Å². The summed E-state index contributed by atoms with van der Waals surface area (Å²) in [4.78, 5) is 0. The highest BCUT2D eigenvalue weighted by Gasteiger charge is 1.99. The van der Waals surface area contributed by atoms with Crippen LogP contribution >= 0.6 is 11.8 Å². The van der Waals surface area contributed by atoms with Crippen LogP contribution in [0.15, 0.2) is 30.3 Å². The summed E-state index contributed by atoms with van der Waals surface area (Å²) in [6, 6.07) is 9.83. The van der Waals surface area contributed by atoms with E-state index in [9.17, 15) is 0 Å². The molecule has 0 amide bonds. The molecule has 0 bridgehead atoms. The summed E-state index contributed by atoms with van der Waals surface area (Å²) in [6.45, 7) is 3.05. The van der Waals surface area contributed by atoms with Gasteiger partial charge in [-0.1, -0.05) is 25.1 Å². The summed E-state index contributed by atoms with van der Waals surface area (Å²) in [7, 11) is 0. The number of rotatable bonds is 7. The molecule has 0 fully saturated rings. The summed E-state index contributed by atoms with van der Waals surface area (Å²) in [5.41, 5.74) is 0. The number of thioether (sulfide) groups is 1. The summed E-state index contributed by atoms with van der Waals surface area (Å²) in [5.74, 6) is 3.27. The van der Waals surface area contributed by atoms with Crippen molar-refractivity contribution in [2.75, 3.05) is 24.7 Å². The number of hydrogen-bond donors (Lipinski definition) is 1. The van der Waals surface area contributed by atoms with Gasteiger partial charge in [0.15, 0.2) is 0 Å². The third kappa shape index (κ3) is 5.70. The zero-order valence-corrected chi connectivity index (χ0v) is 9.87. The molecule has 1 unspecified atom stereocenters. The van der Waals surface area contributed by atoms with Gasteiger partial charge in [0.1, 0.15) is 5.75 Å². The van der Waals surface area contributed by atoms with Crippen LogP contribution in [0.5, 0.6) is 5.75 Å². The molecule has 0 radical (unpaired) electrons. The molecule has 1 aromatic rings. The molecular weight excluding hydrogens is 208 g/mol. The molecule has 84 valence electrons. The highest BCUT2D eigenvalue weighted by Crippen LogP contribution is 2.11. The van der Waals surface area contributed by atoms with Crippen LogP contribution in [-0.2, 0) is 0 Å². The monoisotopic (exact) mass is 226 g/mol. The van der Waals surface area contributed by atoms with Gasteiger partial charge in [0, 0.05) is 12.4 Å². The van der Waals surface area contributed by atoms with Gasteiger partial charge in [0.2, 0.25) is 0 Å². The Bertz CT molecular complexity index is 251. The van der Waals surface area contributed by atoms with Crippen LogP contribution < -0.4 is 4.74 Å². The second-order valence-corrected chi connectivity index (χ2v) is 4.67. The Balaban J connectivity index is 2.03. The first-order valence-corrected chi connectivity index (χ1v) is 6.35. The minimum absolute atomic E-state index is 0.270. The van der Waals surface area contributed by atoms with E-state index in [1.165, 1.54) is 0 Å². The van der Waals surface area contributed by atoms with Crippen molar-refractivity contribution in [1.29, 1.82) is 0 Å². The number of benzene rings is 1. The van der Waals surface area contributed by atoms with Crippen molar-refractivity contribution in [3.8, 4) is 5.75 Å². The molecule has 0 heterocycles. The highest BCUT2D eigenvalue weighted by atomic mass is 32.2. The van der Waals surface area contributed by atoms with Crippen molar-refractivity contribution in [3.05, 3.63) is 30.3 Å². The maximum absolute atomic E-state index is 8.82. The Hall–Kier alpha value is -0.670. The molecule has 0 aliphatic rings. The van der Waals surface area contributed by atoms with Gasteiger partial charge in [0.25, 0.3) is 0 Å². The molecule has 2 nitrogen and oxygen atoms in total. The fourth-order valence-corrected chi connectivity index (χ4v) is 1.95. The minimum atomic E-state index is 0.270. The lowest BCUT2D eigenvalue weighted by Crippen LogP contribution is -2.06. The summed E-state index contributed by atoms with van der Waals surface area (Å²) >= 11 is 1.82. The predicted molar refractivity (Wildman–Crippen MR) is 65.5 cm³/mol. The molecule has 0 spiro atoms. The number of hydrogen-bond acceptors (Lipinski definition) is 3. The first-order valence-electron chi connectivity index (χ1n) is 5.19. The first kappa shape index (κ1) is 12.4. The second-order valence-electron chi connectivity index (χ2n) is 3.52. The fraction of sp³-hybridized carbons (Fsp3) is 0.500. The van der Waals surface area contributed by atoms with E-state index >= 15 is 0 Å². The molecule has 0 aromatic heterocycles. The fourth-order valence-electron chi connectivity index (χ4n) is 1.07. The molecule has 1 aromatic carbocycles. The Morgan fingerprint density at radius 1 is 1.33 bits per heavy atom. The number of aliphatic hydroxyl groups excluding tert-OH is 1. The van der Waals surface area contributed by atoms with Crippen molar-refractivity contribution in [3.63, 3.8) is 0 Å². The maximum atomic E-state index is 8.82. The predicted octanol–water partition coefficient (Wildman–Crippen LogP) is 2.43. The second kappa shape index (κ2) is 7.60. The third-order valence-corrected chi connectivity index (χ3v) is 3.21. The zero-order chi connectivity index (χ0) is 10.9. The third-order valence-electron chi connectivity index (χ3n) is 1.95. The van der Waals surface area contributed by atoms with E-state index in [4.69, 9.17) is 9.84 Å². The molecular formula is C12H18O2S. The molecule has 0 saturated carbocycles. The van der Waals surface area contributed by atoms with E-state index in [1.54, 1.807) is 0 Å². The van der Waals surface area contributed by atoms with E-state index in [1.807, 2.05) is 49.0 Å². The lowest BCUT2D eigenvalue weighted by Gasteiger charge is -2.08. The average molecular weight is 226 g/mol. The van der Waals surface area contributed by atoms with Gasteiger partial charge in [-0.3, -0.25) is 0 Å². The molecule has 0 aliphatic carbocycles. The molecule has 0 aliphatic heterocycles. The Morgan fingerprint density at radius 2 is 2.07 bits per heavy atom. The summed E-state index contributed by atoms with van der Waals surface area (Å²) in [5, 5.41) is 8.82. The largest absolute Gasteiger partial charge is 0.493 e. The van der Waals surface area contributed by atoms with E-state index in [2.05, 4.69) is 0 Å². The number of para-hydroxylation sites is 1. The van der Waals surface area contributed by atoms with E-state index < -0.39 is 0 Å². The van der Waals surface area contributed by atoms with Gasteiger partial charge in [-0.25, -0.2) is 0 Å². The standard InChI is InChI=1S/C12H18O2S/c1-11(9-13)10-15-8-7-14-12-5-3-2-4-6-12/h2-6,11,13H,7-10H2,1H3. The molecule has 0 saturated heterocycles. The highest BCUT2D eigenvalue weighted by molar-refractivity contribution is 7.99. The average Bonchev–Trinajstić information content (AvgIpc) is 2.29. The van der Waals surface area contributed by atoms with Crippen LogP contribution in [0.4, 0.5) is 0 Å². The van der Waals surface area contributed by atoms with E-state index in [-0.39, 0.29) is 6.61 Å². The Labute approximate surface area is 95.7 Å². The van der Waals surface area contributed by atoms with Crippen LogP contribution in [-0.4, -0.2) is 29.8 Å². The molecule has 1 atom stereocenters. The van der Waals surface area contributed by atoms with Crippen LogP contribution in [0, 0.1) is 5.92 Å². The van der Waals surface area contributed by atoms with Gasteiger partial charge in [-0.2, -0.15) is 11.8 Å². The Kier molecular flexibility index (Phi) is 6.28. The molecule has 1 N–H and O–H groups in total. The van der Waals surface area contributed by atoms with Crippen LogP contribution in [0.2, 0.25) is 0 Å². The smallest absolute Gasteiger partial charge is 0.119 e. The lowest BCUT2D eigenvalue weighted by molar-refractivity contribution is 0.250. The first-order chi connectivity index (χ1) is 7.33. The van der Waals surface area contributed by atoms with Gasteiger partial charge in [0.05, 0.1) is 6.61 Å². The summed E-state index contributed by atoms with van der Waals surface area (Å²) in [6.07, 6.45) is 0. The SMILES string of the molecule is CC(CO)CSCCOc1ccccc1. The number of aliphatic hydroxyl groups is 1. The van der Waals surface area contributed by atoms with Crippen molar-refractivity contribution in [2.45, 2.75) is 6.92 Å². The lowest BCUT2D eigenvalue weighted by atomic mass is 10.2. The van der Waals surface area contributed by atoms with E-state index in [0.29, 0.717) is 5.92 Å². The minimum Gasteiger partial charge on any atom is -0.493 e. The quantitative estimate of drug-likeness (QED) is 0.724. The van der Waals surface area contributed by atoms with Gasteiger partial charge in [-0.15, -0.1) is 0 Å². The Morgan fingerprint density at radius 3 is 2.73 bits per heavy atom. The van der Waals surface area contributed by atoms with Crippen LogP contribution in [0.25, 0.3) is 0 Å². The zero-order valence-electron chi connectivity index (χ0n) is 9.06. The van der Waals surface area contributed by atoms with E-state index in [0.717, 1.165) is 23.9 Å². The normalized spacial score (nSPS) is 12.4. The van der Waals surface area contributed by atoms with Crippen molar-refractivity contribution in [1.82, 2.24) is 0 Å². The van der Waals surface area contributed by atoms with Crippen molar-refractivity contribution in [2.24, 2.45) is 5.92 Å². The van der Waals surface area contributed by atoms with Crippen molar-refractivity contribution >= 4 is 11.8 Å².